The fraction of sp³-hybridized carbons (Fsp3) is 0. The van der Waals surface area contributed by atoms with Gasteiger partial charge in [-0.3, -0.25) is 14.1 Å². The van der Waals surface area contributed by atoms with Gasteiger partial charge in [-0.25, -0.2) is 4.98 Å². The maximum atomic E-state index is 12.3. The first-order valence-corrected chi connectivity index (χ1v) is 9.20. The zero-order chi connectivity index (χ0) is 18.0. The molecule has 0 unspecified atom stereocenters. The van der Waals surface area contributed by atoms with Crippen LogP contribution in [0.1, 0.15) is 10.5 Å². The number of carbonyl (C=O) groups is 1. The van der Waals surface area contributed by atoms with E-state index in [0.29, 0.717) is 20.8 Å². The smallest absolute Gasteiger partial charge is 0.281 e. The summed E-state index contributed by atoms with van der Waals surface area (Å²) in [6.07, 6.45) is 1.51. The lowest BCUT2D eigenvalue weighted by atomic mass is 10.3. The van der Waals surface area contributed by atoms with Crippen molar-refractivity contribution in [2.75, 3.05) is 0 Å². The van der Waals surface area contributed by atoms with Crippen molar-refractivity contribution in [2.24, 2.45) is 0 Å². The van der Waals surface area contributed by atoms with Gasteiger partial charge in [-0.15, -0.1) is 0 Å². The third kappa shape index (κ3) is 4.43. The van der Waals surface area contributed by atoms with Crippen LogP contribution in [0.15, 0.2) is 53.6 Å². The maximum absolute atomic E-state index is 12.3. The Labute approximate surface area is 168 Å². The molecular formula is C16H9Cl4N3OS. The summed E-state index contributed by atoms with van der Waals surface area (Å²) < 4.78 is 4.20. The molecule has 0 aliphatic carbocycles. The van der Waals surface area contributed by atoms with Crippen molar-refractivity contribution in [3.63, 3.8) is 0 Å². The summed E-state index contributed by atoms with van der Waals surface area (Å²) in [4.78, 5) is 17.1. The van der Waals surface area contributed by atoms with E-state index >= 15 is 0 Å². The molecule has 1 heterocycles. The minimum atomic E-state index is -0.404. The van der Waals surface area contributed by atoms with E-state index in [1.807, 2.05) is 12.1 Å². The number of nitrogens with zero attached hydrogens (tertiary/aromatic N) is 2. The molecule has 9 heteroatoms. The van der Waals surface area contributed by atoms with Crippen LogP contribution in [0.5, 0.6) is 0 Å². The molecular weight excluding hydrogens is 424 g/mol. The average Bonchev–Trinajstić information content (AvgIpc) is 2.95. The molecule has 1 N–H and O–H groups in total. The van der Waals surface area contributed by atoms with Crippen LogP contribution >= 0.6 is 58.4 Å². The molecule has 1 amide bonds. The molecule has 3 aromatic rings. The van der Waals surface area contributed by atoms with Crippen molar-refractivity contribution in [2.45, 2.75) is 4.90 Å². The summed E-state index contributed by atoms with van der Waals surface area (Å²) in [6.45, 7) is 0. The van der Waals surface area contributed by atoms with Gasteiger partial charge in [0.1, 0.15) is 5.69 Å². The number of aromatic nitrogens is 2. The molecule has 0 saturated carbocycles. The molecule has 25 heavy (non-hydrogen) atoms. The van der Waals surface area contributed by atoms with E-state index in [1.165, 1.54) is 10.8 Å². The third-order valence-corrected chi connectivity index (χ3v) is 5.12. The number of hydrogen-bond acceptors (Lipinski definition) is 3. The number of amides is 1. The lowest BCUT2D eigenvalue weighted by Gasteiger charge is -2.05. The molecule has 0 fully saturated rings. The van der Waals surface area contributed by atoms with Crippen molar-refractivity contribution in [1.82, 2.24) is 14.3 Å². The zero-order valence-electron chi connectivity index (χ0n) is 12.3. The summed E-state index contributed by atoms with van der Waals surface area (Å²) in [5, 5.41) is 1.57. The van der Waals surface area contributed by atoms with Crippen molar-refractivity contribution in [1.29, 1.82) is 0 Å². The SMILES string of the molecule is O=C(NSc1ccccc1Cl)c1cn(-c2cc(Cl)cc(Cl)c2)c(Cl)n1. The first-order chi connectivity index (χ1) is 11.9. The predicted molar refractivity (Wildman–Crippen MR) is 103 cm³/mol. The molecule has 0 aliphatic heterocycles. The van der Waals surface area contributed by atoms with Gasteiger partial charge in [-0.05, 0) is 53.9 Å². The minimum Gasteiger partial charge on any atom is -0.290 e. The Bertz CT molecular complexity index is 925. The Morgan fingerprint density at radius 3 is 2.40 bits per heavy atom. The Hall–Kier alpha value is -1.37. The summed E-state index contributed by atoms with van der Waals surface area (Å²) in [6, 6.07) is 12.1. The van der Waals surface area contributed by atoms with Crippen LogP contribution in [-0.2, 0) is 0 Å². The van der Waals surface area contributed by atoms with Gasteiger partial charge in [-0.2, -0.15) is 0 Å². The lowest BCUT2D eigenvalue weighted by molar-refractivity contribution is 0.0980. The first kappa shape index (κ1) is 18.4. The van der Waals surface area contributed by atoms with Crippen molar-refractivity contribution < 1.29 is 4.79 Å². The third-order valence-electron chi connectivity index (χ3n) is 3.11. The Kier molecular flexibility index (Phi) is 5.81. The monoisotopic (exact) mass is 431 g/mol. The highest BCUT2D eigenvalue weighted by Crippen LogP contribution is 2.26. The predicted octanol–water partition coefficient (Wildman–Crippen LogP) is 5.92. The van der Waals surface area contributed by atoms with E-state index in [2.05, 4.69) is 9.71 Å². The Morgan fingerprint density at radius 2 is 1.72 bits per heavy atom. The number of rotatable bonds is 4. The molecule has 1 aromatic heterocycles. The van der Waals surface area contributed by atoms with Gasteiger partial charge in [0.15, 0.2) is 0 Å². The number of imidazole rings is 1. The molecule has 3 rings (SSSR count). The average molecular weight is 433 g/mol. The second-order valence-corrected chi connectivity index (χ2v) is 7.32. The summed E-state index contributed by atoms with van der Waals surface area (Å²) in [7, 11) is 0. The number of benzene rings is 2. The van der Waals surface area contributed by atoms with Gasteiger partial charge in [0.2, 0.25) is 5.28 Å². The van der Waals surface area contributed by atoms with Gasteiger partial charge in [0, 0.05) is 21.1 Å². The van der Waals surface area contributed by atoms with Gasteiger partial charge in [-0.1, -0.05) is 46.9 Å². The van der Waals surface area contributed by atoms with E-state index in [1.54, 1.807) is 30.3 Å². The fourth-order valence-electron chi connectivity index (χ4n) is 2.01. The van der Waals surface area contributed by atoms with E-state index in [-0.39, 0.29) is 11.0 Å². The van der Waals surface area contributed by atoms with Crippen LogP contribution < -0.4 is 4.72 Å². The Balaban J connectivity index is 1.79. The van der Waals surface area contributed by atoms with E-state index in [4.69, 9.17) is 46.4 Å². The molecule has 4 nitrogen and oxygen atoms in total. The quantitative estimate of drug-likeness (QED) is 0.520. The normalized spacial score (nSPS) is 10.7. The van der Waals surface area contributed by atoms with Crippen molar-refractivity contribution >= 4 is 64.3 Å². The number of hydrogen-bond donors (Lipinski definition) is 1. The van der Waals surface area contributed by atoms with Gasteiger partial charge in [0.25, 0.3) is 5.91 Å². The van der Waals surface area contributed by atoms with Crippen LogP contribution in [0.25, 0.3) is 5.69 Å². The second kappa shape index (κ2) is 7.89. The number of halogens is 4. The van der Waals surface area contributed by atoms with Crippen molar-refractivity contribution in [3.05, 3.63) is 74.7 Å². The standard InChI is InChI=1S/C16H9Cl4N3OS/c17-9-5-10(18)7-11(6-9)23-8-13(21-16(23)20)15(24)22-25-14-4-2-1-3-12(14)19/h1-8H,(H,22,24). The zero-order valence-corrected chi connectivity index (χ0v) is 16.2. The Morgan fingerprint density at radius 1 is 1.04 bits per heavy atom. The molecule has 0 saturated heterocycles. The summed E-state index contributed by atoms with van der Waals surface area (Å²) >= 11 is 25.3. The minimum absolute atomic E-state index is 0.117. The summed E-state index contributed by atoms with van der Waals surface area (Å²) in [5.41, 5.74) is 0.758. The molecule has 2 aromatic carbocycles. The van der Waals surface area contributed by atoms with Gasteiger partial charge >= 0.3 is 0 Å². The van der Waals surface area contributed by atoms with E-state index in [0.717, 1.165) is 16.8 Å². The molecule has 0 spiro atoms. The van der Waals surface area contributed by atoms with E-state index < -0.39 is 5.91 Å². The molecule has 0 aliphatic rings. The molecule has 0 radical (unpaired) electrons. The lowest BCUT2D eigenvalue weighted by Crippen LogP contribution is -2.16. The topological polar surface area (TPSA) is 46.9 Å². The largest absolute Gasteiger partial charge is 0.290 e. The first-order valence-electron chi connectivity index (χ1n) is 6.87. The summed E-state index contributed by atoms with van der Waals surface area (Å²) in [5.74, 6) is -0.404. The fourth-order valence-corrected chi connectivity index (χ4v) is 3.63. The van der Waals surface area contributed by atoms with Crippen LogP contribution in [0, 0.1) is 0 Å². The van der Waals surface area contributed by atoms with Crippen LogP contribution in [0.3, 0.4) is 0 Å². The van der Waals surface area contributed by atoms with E-state index in [9.17, 15) is 4.79 Å². The number of carbonyl (C=O) groups excluding carboxylic acids is 1. The van der Waals surface area contributed by atoms with Crippen molar-refractivity contribution in [3.8, 4) is 5.69 Å². The molecule has 0 bridgehead atoms. The molecule has 0 atom stereocenters. The van der Waals surface area contributed by atoms with Gasteiger partial charge in [0.05, 0.1) is 10.7 Å². The highest BCUT2D eigenvalue weighted by Gasteiger charge is 2.15. The highest BCUT2D eigenvalue weighted by atomic mass is 35.5. The van der Waals surface area contributed by atoms with Crippen LogP contribution in [-0.4, -0.2) is 15.5 Å². The van der Waals surface area contributed by atoms with Crippen LogP contribution in [0.2, 0.25) is 20.4 Å². The molecule has 128 valence electrons. The maximum Gasteiger partial charge on any atom is 0.281 e. The van der Waals surface area contributed by atoms with Gasteiger partial charge < -0.3 is 0 Å². The number of nitrogens with one attached hydrogen (secondary N) is 1. The second-order valence-electron chi connectivity index (χ2n) is 4.86. The van der Waals surface area contributed by atoms with Crippen LogP contribution in [0.4, 0.5) is 0 Å². The highest BCUT2D eigenvalue weighted by molar-refractivity contribution is 7.98.